The molecule has 0 radical (unpaired) electrons. The van der Waals surface area contributed by atoms with Crippen LogP contribution in [0.5, 0.6) is 0 Å². The first kappa shape index (κ1) is 16.1. The fourth-order valence-electron chi connectivity index (χ4n) is 3.29. The lowest BCUT2D eigenvalue weighted by molar-refractivity contribution is 0.0743. The van der Waals surface area contributed by atoms with E-state index in [2.05, 4.69) is 9.88 Å². The van der Waals surface area contributed by atoms with Crippen molar-refractivity contribution >= 4 is 17.5 Å². The van der Waals surface area contributed by atoms with Crippen LogP contribution in [0.3, 0.4) is 0 Å². The summed E-state index contributed by atoms with van der Waals surface area (Å²) in [5, 5.41) is 4.02. The van der Waals surface area contributed by atoms with Crippen molar-refractivity contribution in [2.75, 3.05) is 20.1 Å². The minimum absolute atomic E-state index is 0.0898. The van der Waals surface area contributed by atoms with Crippen molar-refractivity contribution in [2.45, 2.75) is 26.3 Å². The zero-order valence-electron chi connectivity index (χ0n) is 13.8. The number of hydrogen-bond donors (Lipinski definition) is 1. The smallest absolute Gasteiger partial charge is 0.255 e. The minimum atomic E-state index is 0.0898. The van der Waals surface area contributed by atoms with Gasteiger partial charge in [0.15, 0.2) is 0 Å². The van der Waals surface area contributed by atoms with Gasteiger partial charge in [-0.15, -0.1) is 0 Å². The summed E-state index contributed by atoms with van der Waals surface area (Å²) >= 11 is 5.97. The number of rotatable bonds is 3. The maximum absolute atomic E-state index is 12.9. The quantitative estimate of drug-likeness (QED) is 0.938. The molecule has 1 N–H and O–H groups in total. The Morgan fingerprint density at radius 3 is 2.61 bits per heavy atom. The van der Waals surface area contributed by atoms with Crippen molar-refractivity contribution in [2.24, 2.45) is 0 Å². The van der Waals surface area contributed by atoms with E-state index in [-0.39, 0.29) is 11.9 Å². The average Bonchev–Trinajstić information content (AvgIpc) is 3.16. The van der Waals surface area contributed by atoms with E-state index < -0.39 is 0 Å². The van der Waals surface area contributed by atoms with Gasteiger partial charge in [0.25, 0.3) is 5.91 Å². The number of aryl methyl sites for hydroxylation is 1. The van der Waals surface area contributed by atoms with E-state index in [1.165, 1.54) is 0 Å². The number of nitrogens with one attached hydrogen (secondary N) is 1. The van der Waals surface area contributed by atoms with Gasteiger partial charge in [0, 0.05) is 41.7 Å². The van der Waals surface area contributed by atoms with Gasteiger partial charge in [0.2, 0.25) is 0 Å². The molecule has 1 aromatic heterocycles. The molecule has 0 saturated carbocycles. The van der Waals surface area contributed by atoms with Gasteiger partial charge in [-0.3, -0.25) is 4.79 Å². The lowest BCUT2D eigenvalue weighted by Crippen LogP contribution is -2.38. The Hall–Kier alpha value is -1.78. The van der Waals surface area contributed by atoms with E-state index in [9.17, 15) is 4.79 Å². The van der Waals surface area contributed by atoms with Crippen LogP contribution in [0.1, 0.15) is 28.2 Å². The summed E-state index contributed by atoms with van der Waals surface area (Å²) in [5.41, 5.74) is 3.80. The van der Waals surface area contributed by atoms with E-state index in [0.29, 0.717) is 5.02 Å². The van der Waals surface area contributed by atoms with E-state index in [1.54, 1.807) is 0 Å². The number of amides is 1. The predicted octanol–water partition coefficient (Wildman–Crippen LogP) is 3.18. The van der Waals surface area contributed by atoms with Crippen molar-refractivity contribution in [3.8, 4) is 5.69 Å². The fourth-order valence-corrected chi connectivity index (χ4v) is 3.42. The van der Waals surface area contributed by atoms with Crippen LogP contribution in [0.25, 0.3) is 5.69 Å². The number of nitrogens with zero attached hydrogens (tertiary/aromatic N) is 2. The van der Waals surface area contributed by atoms with Crippen LogP contribution in [0, 0.1) is 13.8 Å². The second-order valence-corrected chi connectivity index (χ2v) is 6.60. The Morgan fingerprint density at radius 1 is 1.30 bits per heavy atom. The fraction of sp³-hybridized carbons (Fsp3) is 0.389. The molecule has 2 aromatic rings. The third-order valence-electron chi connectivity index (χ3n) is 4.65. The second-order valence-electron chi connectivity index (χ2n) is 6.16. The molecule has 0 aliphatic carbocycles. The molecule has 1 saturated heterocycles. The Morgan fingerprint density at radius 2 is 2.00 bits per heavy atom. The summed E-state index contributed by atoms with van der Waals surface area (Å²) < 4.78 is 2.10. The summed E-state index contributed by atoms with van der Waals surface area (Å²) in [4.78, 5) is 14.7. The molecule has 2 heterocycles. The number of carbonyl (C=O) groups excluding carboxylic acids is 1. The third-order valence-corrected chi connectivity index (χ3v) is 4.90. The van der Waals surface area contributed by atoms with Gasteiger partial charge in [0.05, 0.1) is 5.56 Å². The van der Waals surface area contributed by atoms with Crippen LogP contribution >= 0.6 is 11.6 Å². The Labute approximate surface area is 142 Å². The molecule has 5 heteroatoms. The standard InChI is InChI=1S/C18H22ClN3O/c1-12-10-17(18(23)21(3)16-8-9-20-11-16)13(2)22(12)15-6-4-14(19)5-7-15/h4-7,10,16,20H,8-9,11H2,1-3H3. The molecule has 1 aliphatic rings. The molecule has 1 aromatic carbocycles. The number of hydrogen-bond acceptors (Lipinski definition) is 2. The first-order valence-electron chi connectivity index (χ1n) is 7.92. The summed E-state index contributed by atoms with van der Waals surface area (Å²) in [5.74, 6) is 0.0898. The SMILES string of the molecule is Cc1cc(C(=O)N(C)C2CCNC2)c(C)n1-c1ccc(Cl)cc1. The van der Waals surface area contributed by atoms with Crippen molar-refractivity contribution < 1.29 is 4.79 Å². The van der Waals surface area contributed by atoms with Crippen molar-refractivity contribution in [3.05, 3.63) is 52.3 Å². The molecule has 23 heavy (non-hydrogen) atoms. The molecule has 1 atom stereocenters. The number of aromatic nitrogens is 1. The van der Waals surface area contributed by atoms with E-state index in [0.717, 1.165) is 42.1 Å². The number of carbonyl (C=O) groups is 1. The van der Waals surface area contributed by atoms with Crippen LogP contribution in [0.2, 0.25) is 5.02 Å². The van der Waals surface area contributed by atoms with Crippen LogP contribution < -0.4 is 5.32 Å². The topological polar surface area (TPSA) is 37.3 Å². The van der Waals surface area contributed by atoms with Crippen LogP contribution in [0.4, 0.5) is 0 Å². The van der Waals surface area contributed by atoms with Gasteiger partial charge in [-0.05, 0) is 57.1 Å². The number of likely N-dealkylation sites (N-methyl/N-ethyl adjacent to an activating group) is 1. The molecule has 1 fully saturated rings. The largest absolute Gasteiger partial charge is 0.337 e. The predicted molar refractivity (Wildman–Crippen MR) is 93.6 cm³/mol. The van der Waals surface area contributed by atoms with E-state index in [1.807, 2.05) is 56.1 Å². The number of benzene rings is 1. The minimum Gasteiger partial charge on any atom is -0.337 e. The summed E-state index contributed by atoms with van der Waals surface area (Å²) in [7, 11) is 1.90. The molecule has 1 unspecified atom stereocenters. The normalized spacial score (nSPS) is 17.5. The Balaban J connectivity index is 1.93. The van der Waals surface area contributed by atoms with E-state index >= 15 is 0 Å². The second kappa shape index (κ2) is 6.38. The molecule has 3 rings (SSSR count). The highest BCUT2D eigenvalue weighted by Crippen LogP contribution is 2.24. The van der Waals surface area contributed by atoms with Gasteiger partial charge < -0.3 is 14.8 Å². The molecule has 0 bridgehead atoms. The highest BCUT2D eigenvalue weighted by molar-refractivity contribution is 6.30. The van der Waals surface area contributed by atoms with Crippen molar-refractivity contribution in [3.63, 3.8) is 0 Å². The monoisotopic (exact) mass is 331 g/mol. The highest BCUT2D eigenvalue weighted by Gasteiger charge is 2.26. The van der Waals surface area contributed by atoms with Gasteiger partial charge in [-0.25, -0.2) is 0 Å². The molecule has 0 spiro atoms. The molecular formula is C18H22ClN3O. The summed E-state index contributed by atoms with van der Waals surface area (Å²) in [6.45, 7) is 5.87. The summed E-state index contributed by atoms with van der Waals surface area (Å²) in [6, 6.07) is 9.94. The van der Waals surface area contributed by atoms with Crippen LogP contribution in [-0.4, -0.2) is 41.6 Å². The lowest BCUT2D eigenvalue weighted by atomic mass is 10.1. The van der Waals surface area contributed by atoms with E-state index in [4.69, 9.17) is 11.6 Å². The molecule has 4 nitrogen and oxygen atoms in total. The van der Waals surface area contributed by atoms with Gasteiger partial charge in [0.1, 0.15) is 0 Å². The maximum Gasteiger partial charge on any atom is 0.255 e. The average molecular weight is 332 g/mol. The molecular weight excluding hydrogens is 310 g/mol. The van der Waals surface area contributed by atoms with Crippen LogP contribution in [0.15, 0.2) is 30.3 Å². The lowest BCUT2D eigenvalue weighted by Gasteiger charge is -2.23. The Bertz CT molecular complexity index is 715. The molecule has 122 valence electrons. The van der Waals surface area contributed by atoms with Gasteiger partial charge >= 0.3 is 0 Å². The van der Waals surface area contributed by atoms with Crippen molar-refractivity contribution in [1.82, 2.24) is 14.8 Å². The van der Waals surface area contributed by atoms with Crippen LogP contribution in [-0.2, 0) is 0 Å². The highest BCUT2D eigenvalue weighted by atomic mass is 35.5. The third kappa shape index (κ3) is 3.01. The number of halogens is 1. The zero-order chi connectivity index (χ0) is 16.6. The maximum atomic E-state index is 12.9. The summed E-state index contributed by atoms with van der Waals surface area (Å²) in [6.07, 6.45) is 1.01. The zero-order valence-corrected chi connectivity index (χ0v) is 14.5. The first-order valence-corrected chi connectivity index (χ1v) is 8.29. The van der Waals surface area contributed by atoms with Gasteiger partial charge in [-0.1, -0.05) is 11.6 Å². The molecule has 1 aliphatic heterocycles. The van der Waals surface area contributed by atoms with Crippen molar-refractivity contribution in [1.29, 1.82) is 0 Å². The van der Waals surface area contributed by atoms with Gasteiger partial charge in [-0.2, -0.15) is 0 Å². The Kier molecular flexibility index (Phi) is 4.46. The molecule has 1 amide bonds. The first-order chi connectivity index (χ1) is 11.0.